The number of benzene rings is 1. The molecule has 3 rings (SSSR count). The molecule has 3 amide bonds. The summed E-state index contributed by atoms with van der Waals surface area (Å²) in [6, 6.07) is 4.71. The molecule has 29 heavy (non-hydrogen) atoms. The largest absolute Gasteiger partial charge is 0.341 e. The second-order valence-corrected chi connectivity index (χ2v) is 8.76. The lowest BCUT2D eigenvalue weighted by atomic mass is 10.1. The Morgan fingerprint density at radius 2 is 1.86 bits per heavy atom. The number of piperidine rings is 1. The first-order chi connectivity index (χ1) is 13.9. The first-order valence-corrected chi connectivity index (χ1v) is 11.2. The molecule has 6 nitrogen and oxygen atoms in total. The highest BCUT2D eigenvalue weighted by molar-refractivity contribution is 6.42. The number of rotatable bonds is 5. The third-order valence-electron chi connectivity index (χ3n) is 5.72. The van der Waals surface area contributed by atoms with E-state index in [2.05, 4.69) is 10.2 Å². The molecule has 1 N–H and O–H groups in total. The van der Waals surface area contributed by atoms with Gasteiger partial charge in [-0.3, -0.25) is 4.79 Å². The summed E-state index contributed by atoms with van der Waals surface area (Å²) in [5.41, 5.74) is 0.588. The highest BCUT2D eigenvalue weighted by atomic mass is 35.5. The Bertz CT molecular complexity index is 725. The standard InChI is InChI=1S/C21H30Cl2N4O2/c1-16-15-26(12-5-11-25-9-3-2-4-10-25)20(28)8-13-27(16)21(29)24-17-6-7-18(22)19(23)14-17/h6-7,14,16H,2-5,8-13,15H2,1H3,(H,24,29). The van der Waals surface area contributed by atoms with Gasteiger partial charge < -0.3 is 20.0 Å². The van der Waals surface area contributed by atoms with E-state index in [-0.39, 0.29) is 18.0 Å². The molecule has 0 saturated carbocycles. The summed E-state index contributed by atoms with van der Waals surface area (Å²) >= 11 is 12.0. The fourth-order valence-corrected chi connectivity index (χ4v) is 4.37. The Balaban J connectivity index is 1.52. The summed E-state index contributed by atoms with van der Waals surface area (Å²) in [4.78, 5) is 31.5. The molecule has 2 fully saturated rings. The minimum atomic E-state index is -0.223. The van der Waals surface area contributed by atoms with Crippen molar-refractivity contribution in [2.24, 2.45) is 0 Å². The predicted octanol–water partition coefficient (Wildman–Crippen LogP) is 4.32. The van der Waals surface area contributed by atoms with Crippen molar-refractivity contribution < 1.29 is 9.59 Å². The van der Waals surface area contributed by atoms with Crippen molar-refractivity contribution >= 4 is 40.8 Å². The van der Waals surface area contributed by atoms with Gasteiger partial charge in [0.1, 0.15) is 0 Å². The molecule has 0 aromatic heterocycles. The van der Waals surface area contributed by atoms with Gasteiger partial charge in [0.05, 0.1) is 10.0 Å². The summed E-state index contributed by atoms with van der Waals surface area (Å²) in [6.07, 6.45) is 5.22. The predicted molar refractivity (Wildman–Crippen MR) is 118 cm³/mol. The number of nitrogens with one attached hydrogen (secondary N) is 1. The average molecular weight is 441 g/mol. The van der Waals surface area contributed by atoms with Crippen LogP contribution in [0.1, 0.15) is 39.0 Å². The van der Waals surface area contributed by atoms with Crippen molar-refractivity contribution in [3.8, 4) is 0 Å². The zero-order valence-corrected chi connectivity index (χ0v) is 18.5. The summed E-state index contributed by atoms with van der Waals surface area (Å²) in [5, 5.41) is 3.70. The van der Waals surface area contributed by atoms with E-state index < -0.39 is 0 Å². The van der Waals surface area contributed by atoms with Gasteiger partial charge in [-0.2, -0.15) is 0 Å². The Labute approximate surface area is 183 Å². The molecule has 2 aliphatic heterocycles. The van der Waals surface area contributed by atoms with Crippen molar-refractivity contribution in [2.75, 3.05) is 44.6 Å². The van der Waals surface area contributed by atoms with Gasteiger partial charge in [0.25, 0.3) is 0 Å². The maximum Gasteiger partial charge on any atom is 0.322 e. The number of likely N-dealkylation sites (tertiary alicyclic amines) is 1. The molecule has 2 aliphatic rings. The molecule has 1 atom stereocenters. The summed E-state index contributed by atoms with van der Waals surface area (Å²) in [7, 11) is 0. The third-order valence-corrected chi connectivity index (χ3v) is 6.46. The van der Waals surface area contributed by atoms with Crippen molar-refractivity contribution in [3.63, 3.8) is 0 Å². The molecular formula is C21H30Cl2N4O2. The Hall–Kier alpha value is -1.50. The molecule has 160 valence electrons. The van der Waals surface area contributed by atoms with E-state index >= 15 is 0 Å². The highest BCUT2D eigenvalue weighted by Gasteiger charge is 2.29. The number of carbonyl (C=O) groups is 2. The number of halogens is 2. The van der Waals surface area contributed by atoms with Crippen molar-refractivity contribution in [3.05, 3.63) is 28.2 Å². The van der Waals surface area contributed by atoms with Crippen LogP contribution in [0.3, 0.4) is 0 Å². The van der Waals surface area contributed by atoms with Crippen LogP contribution in [0.5, 0.6) is 0 Å². The normalized spacial score (nSPS) is 21.2. The molecule has 1 aromatic rings. The van der Waals surface area contributed by atoms with E-state index in [1.54, 1.807) is 23.1 Å². The second-order valence-electron chi connectivity index (χ2n) is 7.95. The number of hydrogen-bond donors (Lipinski definition) is 1. The zero-order valence-electron chi connectivity index (χ0n) is 17.0. The van der Waals surface area contributed by atoms with Crippen LogP contribution < -0.4 is 5.32 Å². The molecule has 1 unspecified atom stereocenters. The first-order valence-electron chi connectivity index (χ1n) is 10.5. The highest BCUT2D eigenvalue weighted by Crippen LogP contribution is 2.25. The maximum absolute atomic E-state index is 12.8. The molecule has 0 bridgehead atoms. The van der Waals surface area contributed by atoms with Crippen LogP contribution >= 0.6 is 23.2 Å². The van der Waals surface area contributed by atoms with Crippen LogP contribution in [0.4, 0.5) is 10.5 Å². The van der Waals surface area contributed by atoms with Gasteiger partial charge in [-0.1, -0.05) is 29.6 Å². The van der Waals surface area contributed by atoms with Crippen LogP contribution in [0.15, 0.2) is 18.2 Å². The molecular weight excluding hydrogens is 411 g/mol. The number of urea groups is 1. The van der Waals surface area contributed by atoms with Crippen LogP contribution in [0.25, 0.3) is 0 Å². The Kier molecular flexibility index (Phi) is 8.04. The van der Waals surface area contributed by atoms with Crippen LogP contribution in [-0.2, 0) is 4.79 Å². The molecule has 1 aromatic carbocycles. The molecule has 0 spiro atoms. The number of hydrogen-bond acceptors (Lipinski definition) is 3. The lowest BCUT2D eigenvalue weighted by Crippen LogP contribution is -2.45. The quantitative estimate of drug-likeness (QED) is 0.741. The van der Waals surface area contributed by atoms with Crippen molar-refractivity contribution in [1.82, 2.24) is 14.7 Å². The SMILES string of the molecule is CC1CN(CCCN2CCCCC2)C(=O)CCN1C(=O)Nc1ccc(Cl)c(Cl)c1. The summed E-state index contributed by atoms with van der Waals surface area (Å²) in [5.74, 6) is 0.125. The van der Waals surface area contributed by atoms with E-state index in [0.29, 0.717) is 35.2 Å². The minimum absolute atomic E-state index is 0.0563. The fourth-order valence-electron chi connectivity index (χ4n) is 4.07. The van der Waals surface area contributed by atoms with Gasteiger partial charge in [-0.25, -0.2) is 4.79 Å². The third kappa shape index (κ3) is 6.24. The maximum atomic E-state index is 12.8. The Morgan fingerprint density at radius 1 is 1.10 bits per heavy atom. The molecule has 0 radical (unpaired) electrons. The van der Waals surface area contributed by atoms with Gasteiger partial charge in [0.2, 0.25) is 5.91 Å². The van der Waals surface area contributed by atoms with Crippen LogP contribution in [-0.4, -0.2) is 71.9 Å². The molecule has 2 heterocycles. The smallest absolute Gasteiger partial charge is 0.322 e. The van der Waals surface area contributed by atoms with E-state index in [0.717, 1.165) is 19.5 Å². The molecule has 2 saturated heterocycles. The zero-order chi connectivity index (χ0) is 20.8. The van der Waals surface area contributed by atoms with E-state index in [9.17, 15) is 9.59 Å². The van der Waals surface area contributed by atoms with E-state index in [4.69, 9.17) is 23.2 Å². The van der Waals surface area contributed by atoms with E-state index in [1.807, 2.05) is 11.8 Å². The van der Waals surface area contributed by atoms with Gasteiger partial charge in [0.15, 0.2) is 0 Å². The van der Waals surface area contributed by atoms with E-state index in [1.165, 1.54) is 32.4 Å². The summed E-state index contributed by atoms with van der Waals surface area (Å²) in [6.45, 7) is 7.11. The van der Waals surface area contributed by atoms with Gasteiger partial charge in [-0.15, -0.1) is 0 Å². The molecule has 8 heteroatoms. The summed E-state index contributed by atoms with van der Waals surface area (Å²) < 4.78 is 0. The average Bonchev–Trinajstić information content (AvgIpc) is 2.84. The van der Waals surface area contributed by atoms with Crippen LogP contribution in [0, 0.1) is 0 Å². The van der Waals surface area contributed by atoms with Gasteiger partial charge >= 0.3 is 6.03 Å². The topological polar surface area (TPSA) is 55.9 Å². The van der Waals surface area contributed by atoms with Gasteiger partial charge in [-0.05, 0) is 64.0 Å². The number of nitrogens with zero attached hydrogens (tertiary/aromatic N) is 3. The monoisotopic (exact) mass is 440 g/mol. The minimum Gasteiger partial charge on any atom is -0.341 e. The molecule has 0 aliphatic carbocycles. The second kappa shape index (κ2) is 10.5. The number of amides is 3. The lowest BCUT2D eigenvalue weighted by molar-refractivity contribution is -0.130. The lowest BCUT2D eigenvalue weighted by Gasteiger charge is -2.30. The van der Waals surface area contributed by atoms with Crippen molar-refractivity contribution in [1.29, 1.82) is 0 Å². The van der Waals surface area contributed by atoms with Crippen molar-refractivity contribution in [2.45, 2.75) is 45.1 Å². The van der Waals surface area contributed by atoms with Gasteiger partial charge in [0, 0.05) is 37.8 Å². The number of anilines is 1. The van der Waals surface area contributed by atoms with Crippen LogP contribution in [0.2, 0.25) is 10.0 Å². The Morgan fingerprint density at radius 3 is 2.59 bits per heavy atom. The fraction of sp³-hybridized carbons (Fsp3) is 0.619. The number of carbonyl (C=O) groups excluding carboxylic acids is 2. The first kappa shape index (κ1) is 22.2.